The van der Waals surface area contributed by atoms with Crippen LogP contribution >= 0.6 is 23.2 Å². The summed E-state index contributed by atoms with van der Waals surface area (Å²) in [5.41, 5.74) is 1.46. The third kappa shape index (κ3) is 2.53. The van der Waals surface area contributed by atoms with E-state index in [1.165, 1.54) is 0 Å². The van der Waals surface area contributed by atoms with Gasteiger partial charge in [0.1, 0.15) is 0 Å². The number of imide groups is 1. The first-order chi connectivity index (χ1) is 7.97. The van der Waals surface area contributed by atoms with Gasteiger partial charge < -0.3 is 4.90 Å². The summed E-state index contributed by atoms with van der Waals surface area (Å²) in [5.74, 6) is -0.678. The zero-order chi connectivity index (χ0) is 12.6. The number of amides is 2. The molecule has 1 heterocycles. The van der Waals surface area contributed by atoms with Gasteiger partial charge in [-0.05, 0) is 24.6 Å². The quantitative estimate of drug-likeness (QED) is 0.793. The van der Waals surface area contributed by atoms with Crippen molar-refractivity contribution in [1.82, 2.24) is 5.32 Å². The third-order valence-electron chi connectivity index (χ3n) is 2.52. The van der Waals surface area contributed by atoms with Gasteiger partial charge in [0.25, 0.3) is 0 Å². The van der Waals surface area contributed by atoms with Crippen molar-refractivity contribution in [2.24, 2.45) is 0 Å². The van der Waals surface area contributed by atoms with Gasteiger partial charge in [-0.1, -0.05) is 23.2 Å². The number of carbonyl (C=O) groups is 2. The Balaban J connectivity index is 2.36. The van der Waals surface area contributed by atoms with Gasteiger partial charge in [-0.2, -0.15) is 0 Å². The molecule has 0 bridgehead atoms. The average Bonchev–Trinajstić information content (AvgIpc) is 2.22. The maximum absolute atomic E-state index is 11.3. The lowest BCUT2D eigenvalue weighted by Crippen LogP contribution is -2.51. The predicted octanol–water partition coefficient (Wildman–Crippen LogP) is 1.76. The number of nitrogens with zero attached hydrogens (tertiary/aromatic N) is 1. The Morgan fingerprint density at radius 1 is 1.12 bits per heavy atom. The first kappa shape index (κ1) is 12.2. The van der Waals surface area contributed by atoms with Gasteiger partial charge in [-0.25, -0.2) is 0 Å². The van der Waals surface area contributed by atoms with E-state index in [1.54, 1.807) is 17.0 Å². The van der Waals surface area contributed by atoms with Gasteiger partial charge in [0.15, 0.2) is 0 Å². The third-order valence-corrected chi connectivity index (χ3v) is 3.23. The van der Waals surface area contributed by atoms with Crippen molar-refractivity contribution in [3.63, 3.8) is 0 Å². The van der Waals surface area contributed by atoms with Gasteiger partial charge in [-0.3, -0.25) is 14.9 Å². The van der Waals surface area contributed by atoms with Crippen molar-refractivity contribution < 1.29 is 9.59 Å². The summed E-state index contributed by atoms with van der Waals surface area (Å²) >= 11 is 12.1. The van der Waals surface area contributed by atoms with E-state index in [0.29, 0.717) is 15.7 Å². The summed E-state index contributed by atoms with van der Waals surface area (Å²) in [7, 11) is 0. The molecule has 0 unspecified atom stereocenters. The molecular formula is C11H10Cl2N2O2. The molecule has 17 heavy (non-hydrogen) atoms. The molecule has 6 heteroatoms. The molecule has 4 nitrogen and oxygen atoms in total. The van der Waals surface area contributed by atoms with Crippen molar-refractivity contribution in [2.45, 2.75) is 6.92 Å². The molecule has 1 aliphatic rings. The number of aryl methyl sites for hydroxylation is 1. The fourth-order valence-corrected chi connectivity index (χ4v) is 2.18. The van der Waals surface area contributed by atoms with E-state index in [4.69, 9.17) is 23.2 Å². The van der Waals surface area contributed by atoms with Crippen molar-refractivity contribution in [3.8, 4) is 0 Å². The SMILES string of the molecule is Cc1cc(Cl)c(N2CC(=O)NC(=O)C2)cc1Cl. The monoisotopic (exact) mass is 272 g/mol. The topological polar surface area (TPSA) is 49.4 Å². The molecule has 1 saturated heterocycles. The molecule has 2 rings (SSSR count). The number of hydrogen-bond acceptors (Lipinski definition) is 3. The van der Waals surface area contributed by atoms with Crippen molar-refractivity contribution >= 4 is 40.7 Å². The lowest BCUT2D eigenvalue weighted by molar-refractivity contribution is -0.130. The van der Waals surface area contributed by atoms with Crippen LogP contribution in [0.4, 0.5) is 5.69 Å². The number of rotatable bonds is 1. The molecule has 1 N–H and O–H groups in total. The normalized spacial score (nSPS) is 16.1. The van der Waals surface area contributed by atoms with Crippen LogP contribution in [0.3, 0.4) is 0 Å². The van der Waals surface area contributed by atoms with Crippen LogP contribution in [-0.2, 0) is 9.59 Å². The zero-order valence-corrected chi connectivity index (χ0v) is 10.6. The van der Waals surface area contributed by atoms with Crippen LogP contribution < -0.4 is 10.2 Å². The molecule has 1 fully saturated rings. The Morgan fingerprint density at radius 2 is 1.71 bits per heavy atom. The van der Waals surface area contributed by atoms with E-state index < -0.39 is 0 Å². The average molecular weight is 273 g/mol. The van der Waals surface area contributed by atoms with Crippen LogP contribution in [0.25, 0.3) is 0 Å². The maximum atomic E-state index is 11.3. The van der Waals surface area contributed by atoms with E-state index in [-0.39, 0.29) is 24.9 Å². The van der Waals surface area contributed by atoms with Crippen LogP contribution in [0.5, 0.6) is 0 Å². The smallest absolute Gasteiger partial charge is 0.246 e. The fraction of sp³-hybridized carbons (Fsp3) is 0.273. The second-order valence-corrected chi connectivity index (χ2v) is 4.69. The van der Waals surface area contributed by atoms with Crippen LogP contribution in [0.2, 0.25) is 10.0 Å². The fourth-order valence-electron chi connectivity index (χ4n) is 1.69. The summed E-state index contributed by atoms with van der Waals surface area (Å²) in [4.78, 5) is 24.1. The summed E-state index contributed by atoms with van der Waals surface area (Å²) in [6, 6.07) is 3.39. The van der Waals surface area contributed by atoms with Gasteiger partial charge >= 0.3 is 0 Å². The highest BCUT2D eigenvalue weighted by Gasteiger charge is 2.24. The minimum Gasteiger partial charge on any atom is -0.352 e. The molecule has 0 aliphatic carbocycles. The second-order valence-electron chi connectivity index (χ2n) is 3.88. The van der Waals surface area contributed by atoms with Crippen molar-refractivity contribution in [3.05, 3.63) is 27.7 Å². The number of carbonyl (C=O) groups excluding carboxylic acids is 2. The van der Waals surface area contributed by atoms with Gasteiger partial charge in [0.05, 0.1) is 23.8 Å². The molecule has 1 aromatic rings. The van der Waals surface area contributed by atoms with Crippen molar-refractivity contribution in [1.29, 1.82) is 0 Å². The molecule has 2 amide bonds. The highest BCUT2D eigenvalue weighted by molar-refractivity contribution is 6.36. The highest BCUT2D eigenvalue weighted by Crippen LogP contribution is 2.31. The molecule has 0 aromatic heterocycles. The lowest BCUT2D eigenvalue weighted by Gasteiger charge is -2.28. The number of hydrogen-bond donors (Lipinski definition) is 1. The predicted molar refractivity (Wildman–Crippen MR) is 66.6 cm³/mol. The van der Waals surface area contributed by atoms with Gasteiger partial charge in [-0.15, -0.1) is 0 Å². The molecule has 90 valence electrons. The van der Waals surface area contributed by atoms with Crippen molar-refractivity contribution in [2.75, 3.05) is 18.0 Å². The van der Waals surface area contributed by atoms with Gasteiger partial charge in [0.2, 0.25) is 11.8 Å². The second kappa shape index (κ2) is 4.55. The number of piperazine rings is 1. The van der Waals surface area contributed by atoms with E-state index in [2.05, 4.69) is 5.32 Å². The molecule has 0 atom stereocenters. The summed E-state index contributed by atoms with van der Waals surface area (Å²) in [5, 5.41) is 3.27. The van der Waals surface area contributed by atoms with Crippen LogP contribution in [0, 0.1) is 6.92 Å². The maximum Gasteiger partial charge on any atom is 0.246 e. The number of halogens is 2. The largest absolute Gasteiger partial charge is 0.352 e. The Hall–Kier alpha value is -1.26. The Labute approximate surface area is 108 Å². The molecular weight excluding hydrogens is 263 g/mol. The summed E-state index contributed by atoms with van der Waals surface area (Å²) in [6.45, 7) is 2.04. The first-order valence-corrected chi connectivity index (χ1v) is 5.76. The van der Waals surface area contributed by atoms with E-state index in [9.17, 15) is 9.59 Å². The minimum absolute atomic E-state index is 0.102. The minimum atomic E-state index is -0.339. The molecule has 1 aliphatic heterocycles. The standard InChI is InChI=1S/C11H10Cl2N2O2/c1-6-2-8(13)9(3-7(6)12)15-4-10(16)14-11(17)5-15/h2-3H,4-5H2,1H3,(H,14,16,17). The molecule has 0 radical (unpaired) electrons. The first-order valence-electron chi connectivity index (χ1n) is 5.00. The summed E-state index contributed by atoms with van der Waals surface area (Å²) < 4.78 is 0. The number of anilines is 1. The number of nitrogens with one attached hydrogen (secondary N) is 1. The highest BCUT2D eigenvalue weighted by atomic mass is 35.5. The van der Waals surface area contributed by atoms with E-state index >= 15 is 0 Å². The molecule has 0 spiro atoms. The molecule has 1 aromatic carbocycles. The van der Waals surface area contributed by atoms with Crippen LogP contribution in [0.1, 0.15) is 5.56 Å². The Morgan fingerprint density at radius 3 is 2.29 bits per heavy atom. The summed E-state index contributed by atoms with van der Waals surface area (Å²) in [6.07, 6.45) is 0. The Kier molecular flexibility index (Phi) is 3.26. The Bertz CT molecular complexity index is 486. The van der Waals surface area contributed by atoms with Gasteiger partial charge in [0, 0.05) is 5.02 Å². The van der Waals surface area contributed by atoms with Crippen LogP contribution in [-0.4, -0.2) is 24.9 Å². The van der Waals surface area contributed by atoms with E-state index in [1.807, 2.05) is 6.92 Å². The molecule has 0 saturated carbocycles. The lowest BCUT2D eigenvalue weighted by atomic mass is 10.2. The van der Waals surface area contributed by atoms with Crippen LogP contribution in [0.15, 0.2) is 12.1 Å². The number of benzene rings is 1. The van der Waals surface area contributed by atoms with E-state index in [0.717, 1.165) is 5.56 Å². The zero-order valence-electron chi connectivity index (χ0n) is 9.09.